The van der Waals surface area contributed by atoms with E-state index in [1.54, 1.807) is 0 Å². The van der Waals surface area contributed by atoms with Gasteiger partial charge in [0.15, 0.2) is 0 Å². The second-order valence-corrected chi connectivity index (χ2v) is 7.13. The van der Waals surface area contributed by atoms with E-state index in [0.717, 1.165) is 33.3 Å². The van der Waals surface area contributed by atoms with Crippen LogP contribution in [0.25, 0.3) is 44.1 Å². The van der Waals surface area contributed by atoms with E-state index in [2.05, 4.69) is 40.3 Å². The van der Waals surface area contributed by atoms with Gasteiger partial charge < -0.3 is 5.73 Å². The Kier molecular flexibility index (Phi) is 3.96. The molecule has 4 heteroatoms. The number of nitrogen functional groups attached to an aromatic ring is 1. The molecule has 1 heterocycles. The van der Waals surface area contributed by atoms with Crippen LogP contribution in [-0.4, -0.2) is 9.97 Å². The Morgan fingerprint density at radius 1 is 0.643 bits per heavy atom. The van der Waals surface area contributed by atoms with Gasteiger partial charge in [-0.05, 0) is 45.8 Å². The Hall–Kier alpha value is -3.43. The van der Waals surface area contributed by atoms with E-state index in [1.807, 2.05) is 54.6 Å². The fourth-order valence-electron chi connectivity index (χ4n) is 3.65. The van der Waals surface area contributed by atoms with Crippen LogP contribution in [-0.2, 0) is 0 Å². The molecule has 5 rings (SSSR count). The van der Waals surface area contributed by atoms with Crippen molar-refractivity contribution in [1.82, 2.24) is 9.97 Å². The smallest absolute Gasteiger partial charge is 0.221 e. The first kappa shape index (κ1) is 16.7. The van der Waals surface area contributed by atoms with Gasteiger partial charge in [0.25, 0.3) is 0 Å². The molecule has 1 aromatic heterocycles. The Morgan fingerprint density at radius 3 is 1.86 bits per heavy atom. The van der Waals surface area contributed by atoms with Crippen LogP contribution >= 0.6 is 11.6 Å². The lowest BCUT2D eigenvalue weighted by atomic mass is 9.94. The molecule has 0 fully saturated rings. The summed E-state index contributed by atoms with van der Waals surface area (Å²) in [6.07, 6.45) is 0. The molecule has 4 aromatic carbocycles. The van der Waals surface area contributed by atoms with Gasteiger partial charge in [-0.25, -0.2) is 9.97 Å². The molecule has 0 atom stereocenters. The van der Waals surface area contributed by atoms with Crippen molar-refractivity contribution in [3.63, 3.8) is 0 Å². The summed E-state index contributed by atoms with van der Waals surface area (Å²) in [5.41, 5.74) is 9.70. The number of nitrogens with zero attached hydrogens (tertiary/aromatic N) is 2. The summed E-state index contributed by atoms with van der Waals surface area (Å²) >= 11 is 6.03. The number of hydrogen-bond donors (Lipinski definition) is 1. The summed E-state index contributed by atoms with van der Waals surface area (Å²) in [5.74, 6) is 0.250. The van der Waals surface area contributed by atoms with E-state index in [4.69, 9.17) is 17.3 Å². The molecule has 0 saturated heterocycles. The Labute approximate surface area is 167 Å². The van der Waals surface area contributed by atoms with Crippen LogP contribution in [0.5, 0.6) is 0 Å². The highest BCUT2D eigenvalue weighted by atomic mass is 35.5. The summed E-state index contributed by atoms with van der Waals surface area (Å²) in [5, 5.41) is 5.30. The normalized spacial score (nSPS) is 11.2. The van der Waals surface area contributed by atoms with Crippen molar-refractivity contribution in [3.05, 3.63) is 90.0 Å². The standard InChI is InChI=1S/C24H16ClN3/c25-18-11-9-15(10-12-18)21-14-22(28-24(26)27-21)23-19-7-3-1-5-16(19)13-17-6-2-4-8-20(17)23/h1-14H,(H2,26,27,28). The van der Waals surface area contributed by atoms with Crippen LogP contribution in [0.15, 0.2) is 84.9 Å². The lowest BCUT2D eigenvalue weighted by Gasteiger charge is -2.13. The van der Waals surface area contributed by atoms with E-state index in [9.17, 15) is 0 Å². The van der Waals surface area contributed by atoms with Gasteiger partial charge in [0.05, 0.1) is 11.4 Å². The van der Waals surface area contributed by atoms with Gasteiger partial charge in [-0.3, -0.25) is 0 Å². The van der Waals surface area contributed by atoms with Gasteiger partial charge in [-0.15, -0.1) is 0 Å². The highest BCUT2D eigenvalue weighted by molar-refractivity contribution is 6.30. The van der Waals surface area contributed by atoms with E-state index < -0.39 is 0 Å². The summed E-state index contributed by atoms with van der Waals surface area (Å²) in [4.78, 5) is 9.03. The summed E-state index contributed by atoms with van der Waals surface area (Å²) < 4.78 is 0. The molecule has 0 bridgehead atoms. The fourth-order valence-corrected chi connectivity index (χ4v) is 3.78. The van der Waals surface area contributed by atoms with Gasteiger partial charge >= 0.3 is 0 Å². The highest BCUT2D eigenvalue weighted by Gasteiger charge is 2.13. The number of anilines is 1. The van der Waals surface area contributed by atoms with Crippen molar-refractivity contribution in [2.24, 2.45) is 0 Å². The average Bonchev–Trinajstić information content (AvgIpc) is 2.72. The van der Waals surface area contributed by atoms with Crippen molar-refractivity contribution in [2.75, 3.05) is 5.73 Å². The molecule has 2 N–H and O–H groups in total. The molecule has 5 aromatic rings. The van der Waals surface area contributed by atoms with Crippen LogP contribution < -0.4 is 5.73 Å². The third-order valence-electron chi connectivity index (χ3n) is 4.91. The molecule has 0 radical (unpaired) electrons. The number of nitrogens with two attached hydrogens (primary N) is 1. The zero-order valence-corrected chi connectivity index (χ0v) is 15.7. The maximum atomic E-state index is 6.10. The van der Waals surface area contributed by atoms with Gasteiger partial charge in [0.2, 0.25) is 5.95 Å². The maximum absolute atomic E-state index is 6.10. The number of fused-ring (bicyclic) bond motifs is 2. The Morgan fingerprint density at radius 2 is 1.21 bits per heavy atom. The topological polar surface area (TPSA) is 51.8 Å². The minimum absolute atomic E-state index is 0.250. The van der Waals surface area contributed by atoms with Gasteiger partial charge in [-0.1, -0.05) is 72.3 Å². The quantitative estimate of drug-likeness (QED) is 0.362. The Bertz CT molecular complexity index is 1270. The van der Waals surface area contributed by atoms with Crippen molar-refractivity contribution in [1.29, 1.82) is 0 Å². The minimum atomic E-state index is 0.250. The third kappa shape index (κ3) is 2.86. The third-order valence-corrected chi connectivity index (χ3v) is 5.16. The molecule has 28 heavy (non-hydrogen) atoms. The zero-order valence-electron chi connectivity index (χ0n) is 14.9. The van der Waals surface area contributed by atoms with Crippen LogP contribution in [0.4, 0.5) is 5.95 Å². The van der Waals surface area contributed by atoms with Crippen molar-refractivity contribution >= 4 is 39.1 Å². The van der Waals surface area contributed by atoms with Gasteiger partial charge in [0, 0.05) is 16.1 Å². The number of rotatable bonds is 2. The van der Waals surface area contributed by atoms with E-state index >= 15 is 0 Å². The summed E-state index contributed by atoms with van der Waals surface area (Å²) in [6, 6.07) is 28.5. The number of aromatic nitrogens is 2. The molecule has 0 amide bonds. The second-order valence-electron chi connectivity index (χ2n) is 6.70. The molecule has 0 aliphatic carbocycles. The molecule has 0 spiro atoms. The highest BCUT2D eigenvalue weighted by Crippen LogP contribution is 2.36. The number of hydrogen-bond acceptors (Lipinski definition) is 3. The van der Waals surface area contributed by atoms with Crippen molar-refractivity contribution in [3.8, 4) is 22.5 Å². The van der Waals surface area contributed by atoms with Crippen LogP contribution in [0.2, 0.25) is 5.02 Å². The molecular weight excluding hydrogens is 366 g/mol. The molecule has 134 valence electrons. The summed E-state index contributed by atoms with van der Waals surface area (Å²) in [6.45, 7) is 0. The monoisotopic (exact) mass is 381 g/mol. The molecule has 0 aliphatic heterocycles. The molecular formula is C24H16ClN3. The maximum Gasteiger partial charge on any atom is 0.221 e. The predicted octanol–water partition coefficient (Wildman–Crippen LogP) is 6.35. The lowest BCUT2D eigenvalue weighted by molar-refractivity contribution is 1.20. The van der Waals surface area contributed by atoms with Crippen molar-refractivity contribution in [2.45, 2.75) is 0 Å². The summed E-state index contributed by atoms with van der Waals surface area (Å²) in [7, 11) is 0. The number of halogens is 1. The van der Waals surface area contributed by atoms with E-state index in [-0.39, 0.29) is 5.95 Å². The molecule has 0 aliphatic rings. The lowest BCUT2D eigenvalue weighted by Crippen LogP contribution is -1.99. The number of benzene rings is 4. The first-order valence-electron chi connectivity index (χ1n) is 9.00. The van der Waals surface area contributed by atoms with Gasteiger partial charge in [-0.2, -0.15) is 0 Å². The minimum Gasteiger partial charge on any atom is -0.368 e. The largest absolute Gasteiger partial charge is 0.368 e. The first-order chi connectivity index (χ1) is 13.7. The predicted molar refractivity (Wildman–Crippen MR) is 117 cm³/mol. The second kappa shape index (κ2) is 6.63. The van der Waals surface area contributed by atoms with Crippen LogP contribution in [0.1, 0.15) is 0 Å². The van der Waals surface area contributed by atoms with Crippen molar-refractivity contribution < 1.29 is 0 Å². The molecule has 0 saturated carbocycles. The van der Waals surface area contributed by atoms with Crippen LogP contribution in [0, 0.1) is 0 Å². The zero-order chi connectivity index (χ0) is 19.1. The van der Waals surface area contributed by atoms with Crippen LogP contribution in [0.3, 0.4) is 0 Å². The SMILES string of the molecule is Nc1nc(-c2ccc(Cl)cc2)cc(-c2c3ccccc3cc3ccccc23)n1. The van der Waals surface area contributed by atoms with E-state index in [0.29, 0.717) is 5.02 Å². The molecule has 3 nitrogen and oxygen atoms in total. The Balaban J connectivity index is 1.83. The molecule has 0 unspecified atom stereocenters. The fraction of sp³-hybridized carbons (Fsp3) is 0. The van der Waals surface area contributed by atoms with Gasteiger partial charge in [0.1, 0.15) is 0 Å². The average molecular weight is 382 g/mol. The van der Waals surface area contributed by atoms with E-state index in [1.165, 1.54) is 10.8 Å². The first-order valence-corrected chi connectivity index (χ1v) is 9.38.